The average Bonchev–Trinajstić information content (AvgIpc) is 2.92. The van der Waals surface area contributed by atoms with Gasteiger partial charge < -0.3 is 30.7 Å². The Balaban J connectivity index is 1.97. The Hall–Kier alpha value is -2.35. The lowest BCUT2D eigenvalue weighted by atomic mass is 10.2. The molecule has 15 heteroatoms. The van der Waals surface area contributed by atoms with Gasteiger partial charge in [-0.05, 0) is 6.07 Å². The highest BCUT2D eigenvalue weighted by molar-refractivity contribution is 7.50. The topological polar surface area (TPSA) is 224 Å². The SMILES string of the molecule is Nc1ccn([C@H]2C[C@H](O)[C@@H](COP(=O)(O)N[C@H](CC(=O)O)C(=O)O)O2)c(=O)n1. The molecule has 1 fully saturated rings. The molecule has 1 aliphatic rings. The fraction of sp³-hybridized carbons (Fsp3) is 0.538. The maximum absolute atomic E-state index is 12.0. The Morgan fingerprint density at radius 3 is 2.75 bits per heavy atom. The minimum atomic E-state index is -4.73. The van der Waals surface area contributed by atoms with E-state index in [0.29, 0.717) is 0 Å². The van der Waals surface area contributed by atoms with E-state index in [1.807, 2.05) is 0 Å². The third kappa shape index (κ3) is 5.82. The Morgan fingerprint density at radius 1 is 1.50 bits per heavy atom. The van der Waals surface area contributed by atoms with Crippen molar-refractivity contribution in [2.75, 3.05) is 12.3 Å². The molecule has 7 N–H and O–H groups in total. The van der Waals surface area contributed by atoms with Crippen molar-refractivity contribution in [1.29, 1.82) is 0 Å². The summed E-state index contributed by atoms with van der Waals surface area (Å²) in [6.07, 6.45) is -2.88. The summed E-state index contributed by atoms with van der Waals surface area (Å²) in [6.45, 7) is -0.630. The molecule has 28 heavy (non-hydrogen) atoms. The molecular formula is C13H19N4O10P. The monoisotopic (exact) mass is 422 g/mol. The van der Waals surface area contributed by atoms with Gasteiger partial charge in [-0.2, -0.15) is 4.98 Å². The maximum Gasteiger partial charge on any atom is 0.403 e. The second-order valence-corrected chi connectivity index (χ2v) is 7.47. The first-order chi connectivity index (χ1) is 13.0. The molecule has 0 aromatic carbocycles. The number of aromatic nitrogens is 2. The van der Waals surface area contributed by atoms with E-state index in [1.165, 1.54) is 12.3 Å². The van der Waals surface area contributed by atoms with E-state index in [2.05, 4.69) is 4.98 Å². The van der Waals surface area contributed by atoms with Crippen LogP contribution in [-0.4, -0.2) is 66.6 Å². The van der Waals surface area contributed by atoms with E-state index in [-0.39, 0.29) is 12.2 Å². The standard InChI is InChI=1S/C13H19N4O10P/c14-9-1-2-17(13(23)15-9)10-4-7(18)8(27-10)5-26-28(24,25)16-6(12(21)22)3-11(19)20/h1-2,6-8,10,18H,3-5H2,(H,19,20)(H,21,22)(H2,14,15,23)(H2,16,24,25)/t6-,7+,8-,10-/m1/s1. The number of carboxylic acids is 2. The summed E-state index contributed by atoms with van der Waals surface area (Å²) in [6, 6.07) is -0.517. The van der Waals surface area contributed by atoms with Crippen LogP contribution in [0.2, 0.25) is 0 Å². The number of anilines is 1. The van der Waals surface area contributed by atoms with Crippen LogP contribution >= 0.6 is 7.75 Å². The molecule has 1 aliphatic heterocycles. The molecule has 5 atom stereocenters. The molecule has 1 aromatic heterocycles. The zero-order valence-corrected chi connectivity index (χ0v) is 15.1. The largest absolute Gasteiger partial charge is 0.481 e. The maximum atomic E-state index is 12.0. The number of rotatable bonds is 9. The molecule has 1 aromatic rings. The van der Waals surface area contributed by atoms with Crippen molar-refractivity contribution in [2.45, 2.75) is 37.3 Å². The molecule has 2 rings (SSSR count). The smallest absolute Gasteiger partial charge is 0.403 e. The molecule has 0 bridgehead atoms. The van der Waals surface area contributed by atoms with Crippen molar-refractivity contribution in [2.24, 2.45) is 0 Å². The van der Waals surface area contributed by atoms with Gasteiger partial charge in [0.05, 0.1) is 19.1 Å². The number of aliphatic hydroxyl groups is 1. The number of nitrogens with two attached hydrogens (primary N) is 1. The van der Waals surface area contributed by atoms with E-state index in [1.54, 1.807) is 5.09 Å². The summed E-state index contributed by atoms with van der Waals surface area (Å²) in [5, 5.41) is 29.3. The molecule has 2 heterocycles. The van der Waals surface area contributed by atoms with Crippen LogP contribution in [-0.2, 0) is 23.4 Å². The summed E-state index contributed by atoms with van der Waals surface area (Å²) in [4.78, 5) is 46.6. The molecule has 0 radical (unpaired) electrons. The van der Waals surface area contributed by atoms with Crippen molar-refractivity contribution >= 4 is 25.5 Å². The highest BCUT2D eigenvalue weighted by Crippen LogP contribution is 2.39. The van der Waals surface area contributed by atoms with Gasteiger partial charge in [-0.15, -0.1) is 0 Å². The third-order valence-corrected chi connectivity index (χ3v) is 4.91. The molecule has 1 saturated heterocycles. The zero-order valence-electron chi connectivity index (χ0n) is 14.2. The van der Waals surface area contributed by atoms with E-state index >= 15 is 0 Å². The van der Waals surface area contributed by atoms with E-state index in [4.69, 9.17) is 25.2 Å². The lowest BCUT2D eigenvalue weighted by molar-refractivity contribution is -0.145. The van der Waals surface area contributed by atoms with E-state index < -0.39 is 62.9 Å². The first-order valence-electron chi connectivity index (χ1n) is 7.86. The number of ether oxygens (including phenoxy) is 1. The molecule has 0 aliphatic carbocycles. The number of nitrogen functional groups attached to an aromatic ring is 1. The fourth-order valence-corrected chi connectivity index (χ4v) is 3.47. The summed E-state index contributed by atoms with van der Waals surface area (Å²) in [5.74, 6) is -3.16. The molecule has 156 valence electrons. The number of carboxylic acid groups (broad SMARTS) is 2. The van der Waals surface area contributed by atoms with Crippen molar-refractivity contribution in [3.8, 4) is 0 Å². The predicted octanol–water partition coefficient (Wildman–Crippen LogP) is -1.89. The third-order valence-electron chi connectivity index (χ3n) is 3.78. The highest BCUT2D eigenvalue weighted by atomic mass is 31.2. The van der Waals surface area contributed by atoms with Crippen molar-refractivity contribution < 1.29 is 43.6 Å². The van der Waals surface area contributed by atoms with Crippen LogP contribution in [0, 0.1) is 0 Å². The number of hydrogen-bond acceptors (Lipinski definition) is 9. The number of aliphatic carboxylic acids is 2. The lowest BCUT2D eigenvalue weighted by Gasteiger charge is -2.20. The molecule has 14 nitrogen and oxygen atoms in total. The highest BCUT2D eigenvalue weighted by Gasteiger charge is 2.38. The second kappa shape index (κ2) is 8.77. The van der Waals surface area contributed by atoms with Gasteiger partial charge in [-0.25, -0.2) is 14.4 Å². The van der Waals surface area contributed by atoms with Crippen LogP contribution in [0.3, 0.4) is 0 Å². The molecule has 0 spiro atoms. The average molecular weight is 422 g/mol. The van der Waals surface area contributed by atoms with Crippen molar-refractivity contribution in [3.63, 3.8) is 0 Å². The second-order valence-electron chi connectivity index (χ2n) is 5.91. The first kappa shape index (κ1) is 21.9. The quantitative estimate of drug-likeness (QED) is 0.240. The summed E-state index contributed by atoms with van der Waals surface area (Å²) < 4.78 is 23.2. The Labute approximate surface area is 157 Å². The van der Waals surface area contributed by atoms with Gasteiger partial charge in [-0.1, -0.05) is 0 Å². The minimum absolute atomic E-state index is 0.00122. The molecule has 0 amide bonds. The number of nitrogens with one attached hydrogen (secondary N) is 1. The molecule has 0 saturated carbocycles. The van der Waals surface area contributed by atoms with Crippen LogP contribution < -0.4 is 16.5 Å². The van der Waals surface area contributed by atoms with Gasteiger partial charge in [-0.3, -0.25) is 18.7 Å². The van der Waals surface area contributed by atoms with Crippen LogP contribution in [0.15, 0.2) is 17.1 Å². The van der Waals surface area contributed by atoms with Crippen LogP contribution in [0.5, 0.6) is 0 Å². The number of aliphatic hydroxyl groups excluding tert-OH is 1. The number of nitrogens with zero attached hydrogens (tertiary/aromatic N) is 2. The normalized spacial score (nSPS) is 25.1. The van der Waals surface area contributed by atoms with Gasteiger partial charge in [0, 0.05) is 12.6 Å². The van der Waals surface area contributed by atoms with Crippen molar-refractivity contribution in [3.05, 3.63) is 22.7 Å². The fourth-order valence-electron chi connectivity index (χ4n) is 2.45. The van der Waals surface area contributed by atoms with E-state index in [0.717, 1.165) is 4.57 Å². The molecule has 1 unspecified atom stereocenters. The summed E-state index contributed by atoms with van der Waals surface area (Å²) >= 11 is 0. The van der Waals surface area contributed by atoms with Crippen molar-refractivity contribution in [1.82, 2.24) is 14.6 Å². The predicted molar refractivity (Wildman–Crippen MR) is 90.0 cm³/mol. The van der Waals surface area contributed by atoms with Crippen LogP contribution in [0.25, 0.3) is 0 Å². The molecular weight excluding hydrogens is 403 g/mol. The van der Waals surface area contributed by atoms with Gasteiger partial charge in [0.15, 0.2) is 0 Å². The van der Waals surface area contributed by atoms with Gasteiger partial charge >= 0.3 is 25.4 Å². The zero-order chi connectivity index (χ0) is 21.1. The van der Waals surface area contributed by atoms with Gasteiger partial charge in [0.2, 0.25) is 0 Å². The van der Waals surface area contributed by atoms with Crippen LogP contribution in [0.1, 0.15) is 19.1 Å². The first-order valence-corrected chi connectivity index (χ1v) is 9.44. The Kier molecular flexibility index (Phi) is 6.87. The number of carbonyl (C=O) groups is 2. The van der Waals surface area contributed by atoms with E-state index in [9.17, 15) is 28.9 Å². The van der Waals surface area contributed by atoms with Crippen LogP contribution in [0.4, 0.5) is 5.82 Å². The Morgan fingerprint density at radius 2 is 2.18 bits per heavy atom. The summed E-state index contributed by atoms with van der Waals surface area (Å²) in [5.41, 5.74) is 4.67. The number of hydrogen-bond donors (Lipinski definition) is 6. The Bertz CT molecular complexity index is 845. The van der Waals surface area contributed by atoms with Gasteiger partial charge in [0.1, 0.15) is 24.2 Å². The van der Waals surface area contributed by atoms with Gasteiger partial charge in [0.25, 0.3) is 0 Å². The summed E-state index contributed by atoms with van der Waals surface area (Å²) in [7, 11) is -4.73. The lowest BCUT2D eigenvalue weighted by Crippen LogP contribution is -2.37. The minimum Gasteiger partial charge on any atom is -0.481 e.